The van der Waals surface area contributed by atoms with Gasteiger partial charge in [0, 0.05) is 11.1 Å². The van der Waals surface area contributed by atoms with Crippen molar-refractivity contribution >= 4 is 5.82 Å². The van der Waals surface area contributed by atoms with E-state index in [0.717, 1.165) is 29.8 Å². The summed E-state index contributed by atoms with van der Waals surface area (Å²) in [6.45, 7) is 8.15. The van der Waals surface area contributed by atoms with Crippen molar-refractivity contribution in [1.29, 1.82) is 0 Å². The lowest BCUT2D eigenvalue weighted by Crippen LogP contribution is -2.36. The van der Waals surface area contributed by atoms with Crippen LogP contribution in [0.2, 0.25) is 0 Å². The van der Waals surface area contributed by atoms with E-state index in [1.165, 1.54) is 0 Å². The molecule has 2 N–H and O–H groups in total. The standard InChI is InChI=1S/C12H18N2O/c1-7-9-5-6-12(3,4)14-11(9)13-8(2)10(7)15/h15H,5-6H2,1-4H3,(H,13,14). The Bertz CT molecular complexity index is 411. The van der Waals surface area contributed by atoms with E-state index in [-0.39, 0.29) is 5.54 Å². The van der Waals surface area contributed by atoms with Crippen molar-refractivity contribution in [2.45, 2.75) is 46.1 Å². The maximum Gasteiger partial charge on any atom is 0.140 e. The molecule has 1 aliphatic heterocycles. The van der Waals surface area contributed by atoms with Crippen molar-refractivity contribution in [3.8, 4) is 5.75 Å². The Balaban J connectivity index is 2.54. The van der Waals surface area contributed by atoms with E-state index < -0.39 is 0 Å². The maximum absolute atomic E-state index is 9.80. The molecular weight excluding hydrogens is 188 g/mol. The molecule has 0 saturated carbocycles. The SMILES string of the molecule is Cc1nc2c(c(C)c1O)CCC(C)(C)N2. The fourth-order valence-corrected chi connectivity index (χ4v) is 2.11. The second-order valence-corrected chi connectivity index (χ2v) is 5.01. The smallest absolute Gasteiger partial charge is 0.140 e. The molecule has 2 rings (SSSR count). The van der Waals surface area contributed by atoms with Crippen LogP contribution in [0.15, 0.2) is 0 Å². The number of aromatic nitrogens is 1. The number of fused-ring (bicyclic) bond motifs is 1. The zero-order valence-electron chi connectivity index (χ0n) is 9.81. The van der Waals surface area contributed by atoms with Gasteiger partial charge < -0.3 is 10.4 Å². The van der Waals surface area contributed by atoms with Crippen LogP contribution in [0.5, 0.6) is 5.75 Å². The average Bonchev–Trinajstić information content (AvgIpc) is 2.12. The van der Waals surface area contributed by atoms with E-state index in [0.29, 0.717) is 11.4 Å². The highest BCUT2D eigenvalue weighted by Crippen LogP contribution is 2.35. The topological polar surface area (TPSA) is 45.2 Å². The molecule has 0 fully saturated rings. The Kier molecular flexibility index (Phi) is 2.14. The Morgan fingerprint density at radius 3 is 2.67 bits per heavy atom. The van der Waals surface area contributed by atoms with Crippen molar-refractivity contribution < 1.29 is 5.11 Å². The second kappa shape index (κ2) is 3.12. The summed E-state index contributed by atoms with van der Waals surface area (Å²) in [5.74, 6) is 1.29. The third kappa shape index (κ3) is 1.66. The minimum atomic E-state index is 0.107. The van der Waals surface area contributed by atoms with Crippen LogP contribution >= 0.6 is 0 Å². The molecule has 3 nitrogen and oxygen atoms in total. The molecule has 1 aliphatic rings. The van der Waals surface area contributed by atoms with E-state index in [2.05, 4.69) is 24.1 Å². The molecule has 2 heterocycles. The largest absolute Gasteiger partial charge is 0.506 e. The van der Waals surface area contributed by atoms with Gasteiger partial charge in [-0.3, -0.25) is 0 Å². The summed E-state index contributed by atoms with van der Waals surface area (Å²) < 4.78 is 0. The van der Waals surface area contributed by atoms with E-state index in [1.807, 2.05) is 13.8 Å². The maximum atomic E-state index is 9.80. The van der Waals surface area contributed by atoms with Crippen LogP contribution in [0.4, 0.5) is 5.82 Å². The minimum Gasteiger partial charge on any atom is -0.506 e. The van der Waals surface area contributed by atoms with Crippen molar-refractivity contribution in [2.24, 2.45) is 0 Å². The zero-order chi connectivity index (χ0) is 11.2. The van der Waals surface area contributed by atoms with Gasteiger partial charge in [0.2, 0.25) is 0 Å². The highest BCUT2D eigenvalue weighted by atomic mass is 16.3. The number of hydrogen-bond acceptors (Lipinski definition) is 3. The Morgan fingerprint density at radius 2 is 2.00 bits per heavy atom. The van der Waals surface area contributed by atoms with Gasteiger partial charge in [0.15, 0.2) is 0 Å². The molecule has 82 valence electrons. The average molecular weight is 206 g/mol. The summed E-state index contributed by atoms with van der Waals surface area (Å²) in [4.78, 5) is 4.41. The number of nitrogens with zero attached hydrogens (tertiary/aromatic N) is 1. The molecule has 0 radical (unpaired) electrons. The zero-order valence-corrected chi connectivity index (χ0v) is 9.81. The Morgan fingerprint density at radius 1 is 1.33 bits per heavy atom. The molecule has 15 heavy (non-hydrogen) atoms. The van der Waals surface area contributed by atoms with Crippen LogP contribution in [-0.2, 0) is 6.42 Å². The lowest BCUT2D eigenvalue weighted by atomic mass is 9.89. The van der Waals surface area contributed by atoms with Crippen molar-refractivity contribution in [3.63, 3.8) is 0 Å². The van der Waals surface area contributed by atoms with Gasteiger partial charge in [-0.2, -0.15) is 0 Å². The number of aryl methyl sites for hydroxylation is 1. The Labute approximate surface area is 90.5 Å². The number of anilines is 1. The van der Waals surface area contributed by atoms with Crippen LogP contribution in [0, 0.1) is 13.8 Å². The number of pyridine rings is 1. The third-order valence-corrected chi connectivity index (χ3v) is 3.17. The first kappa shape index (κ1) is 10.3. The molecule has 0 atom stereocenters. The summed E-state index contributed by atoms with van der Waals surface area (Å²) in [7, 11) is 0. The highest BCUT2D eigenvalue weighted by Gasteiger charge is 2.27. The van der Waals surface area contributed by atoms with Gasteiger partial charge in [-0.05, 0) is 46.1 Å². The monoisotopic (exact) mass is 206 g/mol. The van der Waals surface area contributed by atoms with Gasteiger partial charge in [-0.1, -0.05) is 0 Å². The Hall–Kier alpha value is -1.25. The van der Waals surface area contributed by atoms with Gasteiger partial charge in [0.05, 0.1) is 5.69 Å². The predicted molar refractivity (Wildman–Crippen MR) is 61.4 cm³/mol. The molecule has 3 heteroatoms. The molecular formula is C12H18N2O. The fourth-order valence-electron chi connectivity index (χ4n) is 2.11. The van der Waals surface area contributed by atoms with Crippen LogP contribution in [0.3, 0.4) is 0 Å². The normalized spacial score (nSPS) is 18.1. The predicted octanol–water partition coefficient (Wildman–Crippen LogP) is 2.54. The van der Waals surface area contributed by atoms with Gasteiger partial charge >= 0.3 is 0 Å². The molecule has 0 aliphatic carbocycles. The van der Waals surface area contributed by atoms with Gasteiger partial charge in [0.25, 0.3) is 0 Å². The molecule has 0 amide bonds. The van der Waals surface area contributed by atoms with Crippen LogP contribution < -0.4 is 5.32 Å². The van der Waals surface area contributed by atoms with Crippen molar-refractivity contribution in [1.82, 2.24) is 4.98 Å². The van der Waals surface area contributed by atoms with E-state index in [9.17, 15) is 5.11 Å². The molecule has 1 aromatic rings. The first-order valence-electron chi connectivity index (χ1n) is 5.38. The first-order chi connectivity index (χ1) is 6.91. The summed E-state index contributed by atoms with van der Waals surface area (Å²) >= 11 is 0. The van der Waals surface area contributed by atoms with Crippen molar-refractivity contribution in [3.05, 3.63) is 16.8 Å². The minimum absolute atomic E-state index is 0.107. The van der Waals surface area contributed by atoms with Crippen LogP contribution in [0.1, 0.15) is 37.1 Å². The van der Waals surface area contributed by atoms with Gasteiger partial charge in [-0.15, -0.1) is 0 Å². The molecule has 0 spiro atoms. The lowest BCUT2D eigenvalue weighted by Gasteiger charge is -2.34. The van der Waals surface area contributed by atoms with E-state index in [4.69, 9.17) is 0 Å². The fraction of sp³-hybridized carbons (Fsp3) is 0.583. The molecule has 0 bridgehead atoms. The summed E-state index contributed by atoms with van der Waals surface area (Å²) in [5, 5.41) is 13.2. The van der Waals surface area contributed by atoms with Crippen LogP contribution in [0.25, 0.3) is 0 Å². The van der Waals surface area contributed by atoms with Crippen molar-refractivity contribution in [2.75, 3.05) is 5.32 Å². The quantitative estimate of drug-likeness (QED) is 0.685. The number of aromatic hydroxyl groups is 1. The second-order valence-electron chi connectivity index (χ2n) is 5.01. The molecule has 0 unspecified atom stereocenters. The van der Waals surface area contributed by atoms with Gasteiger partial charge in [-0.25, -0.2) is 4.98 Å². The van der Waals surface area contributed by atoms with E-state index in [1.54, 1.807) is 0 Å². The molecule has 1 aromatic heterocycles. The molecule has 0 aromatic carbocycles. The first-order valence-corrected chi connectivity index (χ1v) is 5.38. The van der Waals surface area contributed by atoms with Crippen LogP contribution in [-0.4, -0.2) is 15.6 Å². The summed E-state index contributed by atoms with van der Waals surface area (Å²) in [6.07, 6.45) is 2.06. The van der Waals surface area contributed by atoms with E-state index >= 15 is 0 Å². The lowest BCUT2D eigenvalue weighted by molar-refractivity contribution is 0.455. The number of rotatable bonds is 0. The molecule has 0 saturated heterocycles. The number of hydrogen-bond donors (Lipinski definition) is 2. The summed E-state index contributed by atoms with van der Waals surface area (Å²) in [5.41, 5.74) is 2.95. The summed E-state index contributed by atoms with van der Waals surface area (Å²) in [6, 6.07) is 0. The highest BCUT2D eigenvalue weighted by molar-refractivity contribution is 5.57. The third-order valence-electron chi connectivity index (χ3n) is 3.17. The van der Waals surface area contributed by atoms with Gasteiger partial charge in [0.1, 0.15) is 11.6 Å². The number of nitrogens with one attached hydrogen (secondary N) is 1.